The Labute approximate surface area is 289 Å². The molecule has 2 heteroatoms. The van der Waals surface area contributed by atoms with E-state index in [9.17, 15) is 0 Å². The second-order valence-corrected chi connectivity index (χ2v) is 12.9. The maximum Gasteiger partial charge on any atom is 0.160 e. The average Bonchev–Trinajstić information content (AvgIpc) is 3.20. The number of rotatable bonds is 2. The second kappa shape index (κ2) is 11.5. The summed E-state index contributed by atoms with van der Waals surface area (Å²) in [5.74, 6) is 0.712. The molecule has 0 fully saturated rings. The van der Waals surface area contributed by atoms with Crippen molar-refractivity contribution in [3.05, 3.63) is 182 Å². The summed E-state index contributed by atoms with van der Waals surface area (Å²) in [5.41, 5.74) is 3.92. The van der Waals surface area contributed by atoms with Crippen LogP contribution in [-0.4, -0.2) is 9.97 Å². The molecule has 0 aliphatic carbocycles. The summed E-state index contributed by atoms with van der Waals surface area (Å²) in [6.07, 6.45) is 0. The number of benzene rings is 8. The summed E-state index contributed by atoms with van der Waals surface area (Å²) in [6.45, 7) is 0. The van der Waals surface area contributed by atoms with Crippen LogP contribution < -0.4 is 0 Å². The van der Waals surface area contributed by atoms with Gasteiger partial charge in [-0.25, -0.2) is 9.97 Å². The molecule has 50 heavy (non-hydrogen) atoms. The lowest BCUT2D eigenvalue weighted by Gasteiger charge is -2.13. The maximum absolute atomic E-state index is 5.27. The topological polar surface area (TPSA) is 25.8 Å². The molecule has 1 heterocycles. The fourth-order valence-electron chi connectivity index (χ4n) is 7.79. The van der Waals surface area contributed by atoms with Crippen LogP contribution in [0.25, 0.3) is 98.2 Å². The van der Waals surface area contributed by atoms with Crippen molar-refractivity contribution in [1.82, 2.24) is 9.97 Å². The Morgan fingerprint density at radius 2 is 0.760 bits per heavy atom. The van der Waals surface area contributed by atoms with Gasteiger partial charge in [0.05, 0.1) is 11.2 Å². The zero-order valence-electron chi connectivity index (χ0n) is 27.2. The Balaban J connectivity index is 1.44. The van der Waals surface area contributed by atoms with Crippen LogP contribution in [0.15, 0.2) is 182 Å². The first kappa shape index (κ1) is 28.4. The molecule has 0 N–H and O–H groups in total. The predicted octanol–water partition coefficient (Wildman–Crippen LogP) is 13.0. The molecule has 0 radical (unpaired) electrons. The van der Waals surface area contributed by atoms with Gasteiger partial charge in [-0.3, -0.25) is 0 Å². The molecule has 0 aliphatic rings. The highest BCUT2D eigenvalue weighted by molar-refractivity contribution is 6.30. The first-order valence-electron chi connectivity index (χ1n) is 17.1. The summed E-state index contributed by atoms with van der Waals surface area (Å²) in [7, 11) is 0. The van der Waals surface area contributed by atoms with Gasteiger partial charge in [0.15, 0.2) is 5.82 Å². The summed E-state index contributed by atoms with van der Waals surface area (Å²) in [4.78, 5) is 10.4. The third kappa shape index (κ3) is 4.50. The first-order valence-corrected chi connectivity index (χ1v) is 17.1. The van der Waals surface area contributed by atoms with E-state index >= 15 is 0 Å². The standard InChI is InChI=1S/C48H30N2/c1-2-15-32(16-3-1)47-43-24-12-13-25-45(43)49-48(50-47)33-27-28-40-38-21-9-7-19-36(38)35-18-6-8-20-37(35)39-22-10-11-23-41(39)46-34-17-5-4-14-31(34)26-29-42(46)44(40)30-33/h1-30H. The Kier molecular flexibility index (Phi) is 6.53. The highest BCUT2D eigenvalue weighted by atomic mass is 14.9. The Morgan fingerprint density at radius 1 is 0.280 bits per heavy atom. The maximum atomic E-state index is 5.27. The lowest BCUT2D eigenvalue weighted by molar-refractivity contribution is 1.23. The quantitative estimate of drug-likeness (QED) is 0.189. The van der Waals surface area contributed by atoms with Gasteiger partial charge in [-0.15, -0.1) is 0 Å². The minimum absolute atomic E-state index is 0.712. The van der Waals surface area contributed by atoms with Crippen LogP contribution in [0.3, 0.4) is 0 Å². The molecule has 0 spiro atoms. The van der Waals surface area contributed by atoms with Gasteiger partial charge in [0.1, 0.15) is 0 Å². The molecule has 0 saturated carbocycles. The van der Waals surface area contributed by atoms with E-state index in [1.165, 1.54) is 59.2 Å². The smallest absolute Gasteiger partial charge is 0.160 e. The molecular formula is C48H30N2. The minimum atomic E-state index is 0.712. The largest absolute Gasteiger partial charge is 0.228 e. The van der Waals surface area contributed by atoms with E-state index in [0.717, 1.165) is 33.1 Å². The highest BCUT2D eigenvalue weighted by Gasteiger charge is 2.15. The number of aromatic nitrogens is 2. The monoisotopic (exact) mass is 634 g/mol. The van der Waals surface area contributed by atoms with Crippen LogP contribution >= 0.6 is 0 Å². The van der Waals surface area contributed by atoms with E-state index in [1.54, 1.807) is 0 Å². The molecule has 0 unspecified atom stereocenters. The van der Waals surface area contributed by atoms with Crippen LogP contribution in [0.5, 0.6) is 0 Å². The fraction of sp³-hybridized carbons (Fsp3) is 0. The van der Waals surface area contributed by atoms with Crippen LogP contribution in [-0.2, 0) is 0 Å². The fourth-order valence-corrected chi connectivity index (χ4v) is 7.79. The van der Waals surface area contributed by atoms with Crippen molar-refractivity contribution in [3.63, 3.8) is 0 Å². The van der Waals surface area contributed by atoms with Gasteiger partial charge in [0, 0.05) is 16.5 Å². The van der Waals surface area contributed by atoms with Crippen molar-refractivity contribution in [2.45, 2.75) is 0 Å². The third-order valence-corrected chi connectivity index (χ3v) is 10.1. The summed E-state index contributed by atoms with van der Waals surface area (Å²) < 4.78 is 0. The molecule has 1 aromatic heterocycles. The molecule has 0 amide bonds. The van der Waals surface area contributed by atoms with Crippen LogP contribution in [0, 0.1) is 0 Å². The van der Waals surface area contributed by atoms with E-state index < -0.39 is 0 Å². The number of fused-ring (bicyclic) bond motifs is 13. The summed E-state index contributed by atoms with van der Waals surface area (Å²) in [5, 5.41) is 15.5. The van der Waals surface area contributed by atoms with Gasteiger partial charge < -0.3 is 0 Å². The molecule has 2 nitrogen and oxygen atoms in total. The predicted molar refractivity (Wildman–Crippen MR) is 213 cm³/mol. The second-order valence-electron chi connectivity index (χ2n) is 12.9. The molecule has 9 aromatic carbocycles. The molecule has 0 bridgehead atoms. The van der Waals surface area contributed by atoms with Crippen molar-refractivity contribution >= 4 is 75.5 Å². The SMILES string of the molecule is c1ccc(-c2nc(-c3ccc4c5ccccc5c5ccccc5c5ccccc5c5c6ccccc6ccc5c4c3)nc3ccccc23)cc1. The Bertz CT molecular complexity index is 3040. The molecule has 0 saturated heterocycles. The van der Waals surface area contributed by atoms with E-state index in [4.69, 9.17) is 9.97 Å². The molecule has 232 valence electrons. The third-order valence-electron chi connectivity index (χ3n) is 10.1. The Hall–Kier alpha value is -6.64. The van der Waals surface area contributed by atoms with Gasteiger partial charge in [-0.05, 0) is 76.8 Å². The lowest BCUT2D eigenvalue weighted by atomic mass is 9.91. The zero-order valence-corrected chi connectivity index (χ0v) is 27.2. The van der Waals surface area contributed by atoms with Crippen molar-refractivity contribution in [2.75, 3.05) is 0 Å². The normalized spacial score (nSPS) is 11.6. The van der Waals surface area contributed by atoms with Gasteiger partial charge in [0.2, 0.25) is 0 Å². The van der Waals surface area contributed by atoms with E-state index in [0.29, 0.717) is 5.82 Å². The lowest BCUT2D eigenvalue weighted by Crippen LogP contribution is -1.95. The van der Waals surface area contributed by atoms with Crippen LogP contribution in [0.1, 0.15) is 0 Å². The number of hydrogen-bond donors (Lipinski definition) is 0. The van der Waals surface area contributed by atoms with Gasteiger partial charge in [0.25, 0.3) is 0 Å². The van der Waals surface area contributed by atoms with Crippen molar-refractivity contribution in [2.24, 2.45) is 0 Å². The minimum Gasteiger partial charge on any atom is -0.228 e. The molecule has 0 atom stereocenters. The molecular weight excluding hydrogens is 605 g/mol. The van der Waals surface area contributed by atoms with E-state index in [-0.39, 0.29) is 0 Å². The van der Waals surface area contributed by atoms with Crippen LogP contribution in [0.4, 0.5) is 0 Å². The molecule has 10 aromatic rings. The Morgan fingerprint density at radius 3 is 1.44 bits per heavy atom. The molecule has 0 aliphatic heterocycles. The average molecular weight is 635 g/mol. The number of para-hydroxylation sites is 1. The number of hydrogen-bond acceptors (Lipinski definition) is 2. The molecule has 10 rings (SSSR count). The van der Waals surface area contributed by atoms with Crippen molar-refractivity contribution < 1.29 is 0 Å². The zero-order chi connectivity index (χ0) is 33.0. The van der Waals surface area contributed by atoms with Crippen LogP contribution in [0.2, 0.25) is 0 Å². The van der Waals surface area contributed by atoms with Gasteiger partial charge >= 0.3 is 0 Å². The van der Waals surface area contributed by atoms with Gasteiger partial charge in [-0.2, -0.15) is 0 Å². The van der Waals surface area contributed by atoms with Crippen molar-refractivity contribution in [3.8, 4) is 22.6 Å². The first-order chi connectivity index (χ1) is 24.8. The van der Waals surface area contributed by atoms with Crippen molar-refractivity contribution in [1.29, 1.82) is 0 Å². The summed E-state index contributed by atoms with van der Waals surface area (Å²) >= 11 is 0. The van der Waals surface area contributed by atoms with Gasteiger partial charge in [-0.1, -0.05) is 170 Å². The van der Waals surface area contributed by atoms with E-state index in [1.807, 2.05) is 6.07 Å². The van der Waals surface area contributed by atoms with E-state index in [2.05, 4.69) is 176 Å². The summed E-state index contributed by atoms with van der Waals surface area (Å²) in [6, 6.07) is 65.4. The highest BCUT2D eigenvalue weighted by Crippen LogP contribution is 2.40. The number of nitrogens with zero attached hydrogens (tertiary/aromatic N) is 2.